The number of fused-ring (bicyclic) bond motifs is 1. The highest BCUT2D eigenvalue weighted by Gasteiger charge is 2.36. The minimum Gasteiger partial charge on any atom is -0.369 e. The fraction of sp³-hybridized carbons (Fsp3) is 0.778. The molecule has 2 rings (SSSR count). The van der Waals surface area contributed by atoms with Crippen LogP contribution in [0, 0.1) is 0 Å². The fourth-order valence-electron chi connectivity index (χ4n) is 1.49. The molecular formula is C9H14O3. The van der Waals surface area contributed by atoms with Gasteiger partial charge in [-0.25, -0.2) is 0 Å². The Balaban J connectivity index is 2.07. The van der Waals surface area contributed by atoms with Crippen LogP contribution in [0.5, 0.6) is 0 Å². The van der Waals surface area contributed by atoms with Gasteiger partial charge in [-0.05, 0) is 13.8 Å². The smallest absolute Gasteiger partial charge is 0.163 e. The molecule has 3 heteroatoms. The standard InChI is InChI=1S/C9H14O3/c1-9(2)11-6-8-7(12-9)4-3-5-10-8/h3-4,7-8H,5-6H2,1-2H3/t7-,8-/m1/s1. The molecule has 0 aromatic carbocycles. The molecule has 1 saturated heterocycles. The topological polar surface area (TPSA) is 27.7 Å². The van der Waals surface area contributed by atoms with Gasteiger partial charge in [-0.15, -0.1) is 0 Å². The first kappa shape index (κ1) is 8.23. The monoisotopic (exact) mass is 170 g/mol. The second kappa shape index (κ2) is 2.83. The van der Waals surface area contributed by atoms with Gasteiger partial charge in [0.25, 0.3) is 0 Å². The minimum absolute atomic E-state index is 0.0718. The highest BCUT2D eigenvalue weighted by molar-refractivity contribution is 5.00. The van der Waals surface area contributed by atoms with E-state index in [2.05, 4.69) is 6.08 Å². The van der Waals surface area contributed by atoms with Gasteiger partial charge in [-0.3, -0.25) is 0 Å². The van der Waals surface area contributed by atoms with E-state index in [0.717, 1.165) is 0 Å². The maximum Gasteiger partial charge on any atom is 0.163 e. The first-order valence-electron chi connectivity index (χ1n) is 4.27. The van der Waals surface area contributed by atoms with Crippen LogP contribution < -0.4 is 0 Å². The fourth-order valence-corrected chi connectivity index (χ4v) is 1.49. The van der Waals surface area contributed by atoms with Crippen LogP contribution in [0.4, 0.5) is 0 Å². The summed E-state index contributed by atoms with van der Waals surface area (Å²) < 4.78 is 16.5. The molecule has 68 valence electrons. The summed E-state index contributed by atoms with van der Waals surface area (Å²) >= 11 is 0. The van der Waals surface area contributed by atoms with Crippen molar-refractivity contribution in [2.75, 3.05) is 13.2 Å². The van der Waals surface area contributed by atoms with Crippen LogP contribution in [0.25, 0.3) is 0 Å². The minimum atomic E-state index is -0.466. The maximum absolute atomic E-state index is 5.64. The third-order valence-electron chi connectivity index (χ3n) is 2.11. The predicted molar refractivity (Wildman–Crippen MR) is 43.8 cm³/mol. The lowest BCUT2D eigenvalue weighted by Gasteiger charge is -2.40. The van der Waals surface area contributed by atoms with E-state index in [1.54, 1.807) is 0 Å². The molecule has 1 fully saturated rings. The first-order chi connectivity index (χ1) is 5.67. The highest BCUT2D eigenvalue weighted by atomic mass is 16.7. The quantitative estimate of drug-likeness (QED) is 0.509. The van der Waals surface area contributed by atoms with E-state index >= 15 is 0 Å². The van der Waals surface area contributed by atoms with Crippen molar-refractivity contribution in [2.45, 2.75) is 31.8 Å². The van der Waals surface area contributed by atoms with Crippen molar-refractivity contribution in [1.82, 2.24) is 0 Å². The van der Waals surface area contributed by atoms with Crippen molar-refractivity contribution in [2.24, 2.45) is 0 Å². The molecule has 2 heterocycles. The molecule has 0 unspecified atom stereocenters. The van der Waals surface area contributed by atoms with Gasteiger partial charge in [0, 0.05) is 0 Å². The first-order valence-corrected chi connectivity index (χ1v) is 4.27. The molecule has 2 aliphatic heterocycles. The molecular weight excluding hydrogens is 156 g/mol. The van der Waals surface area contributed by atoms with Crippen LogP contribution in [-0.4, -0.2) is 31.2 Å². The second-order valence-electron chi connectivity index (χ2n) is 3.59. The molecule has 2 aliphatic rings. The van der Waals surface area contributed by atoms with E-state index in [1.807, 2.05) is 19.9 Å². The van der Waals surface area contributed by atoms with Crippen molar-refractivity contribution in [3.63, 3.8) is 0 Å². The summed E-state index contributed by atoms with van der Waals surface area (Å²) in [5.41, 5.74) is 0. The van der Waals surface area contributed by atoms with Gasteiger partial charge in [-0.1, -0.05) is 12.2 Å². The zero-order chi connectivity index (χ0) is 8.60. The van der Waals surface area contributed by atoms with Crippen molar-refractivity contribution >= 4 is 0 Å². The van der Waals surface area contributed by atoms with E-state index in [4.69, 9.17) is 14.2 Å². The number of ether oxygens (including phenoxy) is 3. The predicted octanol–water partition coefficient (Wildman–Crippen LogP) is 1.09. The van der Waals surface area contributed by atoms with Gasteiger partial charge >= 0.3 is 0 Å². The molecule has 0 aliphatic carbocycles. The Hall–Kier alpha value is -0.380. The molecule has 0 amide bonds. The molecule has 3 nitrogen and oxygen atoms in total. The lowest BCUT2D eigenvalue weighted by atomic mass is 10.1. The van der Waals surface area contributed by atoms with E-state index < -0.39 is 5.79 Å². The van der Waals surface area contributed by atoms with Crippen LogP contribution in [0.3, 0.4) is 0 Å². The maximum atomic E-state index is 5.64. The lowest BCUT2D eigenvalue weighted by molar-refractivity contribution is -0.300. The Morgan fingerprint density at radius 3 is 3.08 bits per heavy atom. The van der Waals surface area contributed by atoms with E-state index in [0.29, 0.717) is 13.2 Å². The summed E-state index contributed by atoms with van der Waals surface area (Å²) in [6.45, 7) is 5.15. The number of hydrogen-bond donors (Lipinski definition) is 0. The summed E-state index contributed by atoms with van der Waals surface area (Å²) in [6.07, 6.45) is 4.20. The van der Waals surface area contributed by atoms with E-state index in [9.17, 15) is 0 Å². The third-order valence-corrected chi connectivity index (χ3v) is 2.11. The summed E-state index contributed by atoms with van der Waals surface area (Å²) in [6, 6.07) is 0. The highest BCUT2D eigenvalue weighted by Crippen LogP contribution is 2.26. The van der Waals surface area contributed by atoms with Gasteiger partial charge in [0.15, 0.2) is 5.79 Å². The van der Waals surface area contributed by atoms with Crippen LogP contribution in [0.2, 0.25) is 0 Å². The largest absolute Gasteiger partial charge is 0.369 e. The molecule has 0 spiro atoms. The van der Waals surface area contributed by atoms with Gasteiger partial charge in [0.05, 0.1) is 13.2 Å². The Morgan fingerprint density at radius 2 is 2.25 bits per heavy atom. The van der Waals surface area contributed by atoms with E-state index in [-0.39, 0.29) is 12.2 Å². The Labute approximate surface area is 72.3 Å². The van der Waals surface area contributed by atoms with Gasteiger partial charge < -0.3 is 14.2 Å². The van der Waals surface area contributed by atoms with Gasteiger partial charge in [0.1, 0.15) is 12.2 Å². The molecule has 2 atom stereocenters. The molecule has 0 radical (unpaired) electrons. The normalized spacial score (nSPS) is 39.2. The second-order valence-corrected chi connectivity index (χ2v) is 3.59. The zero-order valence-corrected chi connectivity index (χ0v) is 7.45. The van der Waals surface area contributed by atoms with Crippen molar-refractivity contribution in [1.29, 1.82) is 0 Å². The molecule has 0 bridgehead atoms. The molecule has 12 heavy (non-hydrogen) atoms. The Kier molecular flexibility index (Phi) is 1.94. The van der Waals surface area contributed by atoms with Crippen molar-refractivity contribution < 1.29 is 14.2 Å². The van der Waals surface area contributed by atoms with Crippen LogP contribution in [-0.2, 0) is 14.2 Å². The zero-order valence-electron chi connectivity index (χ0n) is 7.45. The van der Waals surface area contributed by atoms with Gasteiger partial charge in [0.2, 0.25) is 0 Å². The van der Waals surface area contributed by atoms with Crippen molar-refractivity contribution in [3.8, 4) is 0 Å². The molecule has 0 aromatic rings. The number of hydrogen-bond acceptors (Lipinski definition) is 3. The number of rotatable bonds is 0. The average molecular weight is 170 g/mol. The molecule has 0 saturated carbocycles. The Morgan fingerprint density at radius 1 is 1.42 bits per heavy atom. The van der Waals surface area contributed by atoms with Crippen molar-refractivity contribution in [3.05, 3.63) is 12.2 Å². The average Bonchev–Trinajstić information content (AvgIpc) is 2.02. The molecule has 0 N–H and O–H groups in total. The van der Waals surface area contributed by atoms with Crippen LogP contribution in [0.15, 0.2) is 12.2 Å². The SMILES string of the molecule is CC1(C)OC[C@H]2OCC=C[C@H]2O1. The van der Waals surface area contributed by atoms with Crippen LogP contribution >= 0.6 is 0 Å². The Bertz CT molecular complexity index is 198. The summed E-state index contributed by atoms with van der Waals surface area (Å²) in [5, 5.41) is 0. The summed E-state index contributed by atoms with van der Waals surface area (Å²) in [7, 11) is 0. The molecule has 0 aromatic heterocycles. The lowest BCUT2D eigenvalue weighted by Crippen LogP contribution is -2.50. The summed E-state index contributed by atoms with van der Waals surface area (Å²) in [4.78, 5) is 0. The van der Waals surface area contributed by atoms with Crippen LogP contribution in [0.1, 0.15) is 13.8 Å². The van der Waals surface area contributed by atoms with E-state index in [1.165, 1.54) is 0 Å². The van der Waals surface area contributed by atoms with Gasteiger partial charge in [-0.2, -0.15) is 0 Å². The summed E-state index contributed by atoms with van der Waals surface area (Å²) in [5.74, 6) is -0.466. The third kappa shape index (κ3) is 1.53.